The molecular weight excluding hydrogens is 215 g/mol. The van der Waals surface area contributed by atoms with E-state index in [1.165, 1.54) is 0 Å². The molecule has 0 aromatic carbocycles. The van der Waals surface area contributed by atoms with Crippen LogP contribution in [0.25, 0.3) is 0 Å². The minimum Gasteiger partial charge on any atom is -0.392 e. The van der Waals surface area contributed by atoms with Gasteiger partial charge in [0.25, 0.3) is 0 Å². The molecule has 0 aliphatic carbocycles. The molecule has 0 aromatic heterocycles. The third kappa shape index (κ3) is 3.28. The number of unbranched alkanes of at least 4 members (excludes halogenated alkanes) is 1. The zero-order chi connectivity index (χ0) is 12.1. The summed E-state index contributed by atoms with van der Waals surface area (Å²) in [5.74, 6) is 0. The predicted molar refractivity (Wildman–Crippen MR) is 60.9 cm³/mol. The highest BCUT2D eigenvalue weighted by molar-refractivity contribution is 7.53. The lowest BCUT2D eigenvalue weighted by Gasteiger charge is -2.36. The lowest BCUT2D eigenvalue weighted by atomic mass is 9.92. The summed E-state index contributed by atoms with van der Waals surface area (Å²) in [4.78, 5) is 18.7. The molecule has 0 saturated heterocycles. The highest BCUT2D eigenvalue weighted by atomic mass is 31.2. The van der Waals surface area contributed by atoms with E-state index in [2.05, 4.69) is 0 Å². The van der Waals surface area contributed by atoms with Gasteiger partial charge in [-0.25, -0.2) is 0 Å². The molecule has 15 heavy (non-hydrogen) atoms. The van der Waals surface area contributed by atoms with Gasteiger partial charge in [-0.05, 0) is 19.3 Å². The van der Waals surface area contributed by atoms with E-state index >= 15 is 0 Å². The van der Waals surface area contributed by atoms with Gasteiger partial charge >= 0.3 is 7.60 Å². The van der Waals surface area contributed by atoms with E-state index in [0.29, 0.717) is 19.3 Å². The summed E-state index contributed by atoms with van der Waals surface area (Å²) in [5.41, 5.74) is 0. The van der Waals surface area contributed by atoms with Gasteiger partial charge in [0.2, 0.25) is 0 Å². The number of aliphatic hydroxyl groups is 1. The smallest absolute Gasteiger partial charge is 0.334 e. The average Bonchev–Trinajstić information content (AvgIpc) is 2.15. The van der Waals surface area contributed by atoms with Crippen LogP contribution in [0.5, 0.6) is 0 Å². The Morgan fingerprint density at radius 1 is 1.20 bits per heavy atom. The van der Waals surface area contributed by atoms with Crippen molar-refractivity contribution < 1.29 is 19.5 Å². The van der Waals surface area contributed by atoms with Gasteiger partial charge in [0.15, 0.2) is 0 Å². The van der Waals surface area contributed by atoms with Crippen molar-refractivity contribution in [2.75, 3.05) is 0 Å². The van der Waals surface area contributed by atoms with E-state index in [9.17, 15) is 19.5 Å². The predicted octanol–water partition coefficient (Wildman–Crippen LogP) is 2.27. The van der Waals surface area contributed by atoms with Crippen LogP contribution >= 0.6 is 7.60 Å². The molecule has 0 heterocycles. The third-order valence-electron chi connectivity index (χ3n) is 3.26. The monoisotopic (exact) mass is 238 g/mol. The molecule has 0 bridgehead atoms. The first kappa shape index (κ1) is 15.1. The third-order valence-corrected chi connectivity index (χ3v) is 5.35. The summed E-state index contributed by atoms with van der Waals surface area (Å²) in [5, 5.41) is 8.69. The Morgan fingerprint density at radius 3 is 1.93 bits per heavy atom. The summed E-state index contributed by atoms with van der Waals surface area (Å²) in [6.45, 7) is 5.43. The molecule has 0 amide bonds. The van der Waals surface area contributed by atoms with Gasteiger partial charge in [-0.1, -0.05) is 33.6 Å². The second-order valence-corrected chi connectivity index (χ2v) is 5.99. The molecule has 1 atom stereocenters. The maximum absolute atomic E-state index is 11.5. The summed E-state index contributed by atoms with van der Waals surface area (Å²) in [7, 11) is -4.25. The zero-order valence-electron chi connectivity index (χ0n) is 9.81. The Balaban J connectivity index is 4.85. The van der Waals surface area contributed by atoms with Crippen LogP contribution in [0.1, 0.15) is 52.9 Å². The van der Waals surface area contributed by atoms with Crippen molar-refractivity contribution >= 4 is 7.60 Å². The van der Waals surface area contributed by atoms with Crippen LogP contribution in [-0.2, 0) is 4.57 Å². The Hall–Kier alpha value is 0.110. The van der Waals surface area contributed by atoms with E-state index in [1.54, 1.807) is 13.8 Å². The molecule has 0 fully saturated rings. The van der Waals surface area contributed by atoms with E-state index in [0.717, 1.165) is 12.8 Å². The number of rotatable bonds is 7. The maximum atomic E-state index is 11.5. The molecule has 0 spiro atoms. The van der Waals surface area contributed by atoms with Crippen molar-refractivity contribution in [3.05, 3.63) is 0 Å². The van der Waals surface area contributed by atoms with Crippen molar-refractivity contribution in [1.82, 2.24) is 0 Å². The largest absolute Gasteiger partial charge is 0.392 e. The fourth-order valence-corrected chi connectivity index (χ4v) is 3.33. The number of hydrogen-bond acceptors (Lipinski definition) is 2. The molecule has 0 aliphatic rings. The molecule has 0 rings (SSSR count). The summed E-state index contributed by atoms with van der Waals surface area (Å²) < 4.78 is 11.5. The minimum absolute atomic E-state index is 0.304. The molecule has 0 aliphatic heterocycles. The molecule has 0 radical (unpaired) electrons. The van der Waals surface area contributed by atoms with Crippen LogP contribution in [-0.4, -0.2) is 26.2 Å². The molecule has 0 saturated carbocycles. The van der Waals surface area contributed by atoms with E-state index in [-0.39, 0.29) is 0 Å². The zero-order valence-corrected chi connectivity index (χ0v) is 10.7. The first-order chi connectivity index (χ1) is 6.85. The van der Waals surface area contributed by atoms with E-state index in [1.807, 2.05) is 6.92 Å². The molecular formula is C10H23O4P. The molecule has 1 unspecified atom stereocenters. The first-order valence-electron chi connectivity index (χ1n) is 5.59. The lowest BCUT2D eigenvalue weighted by Crippen LogP contribution is -2.41. The topological polar surface area (TPSA) is 77.8 Å². The van der Waals surface area contributed by atoms with Crippen LogP contribution in [0.3, 0.4) is 0 Å². The van der Waals surface area contributed by atoms with Gasteiger partial charge in [0.1, 0.15) is 0 Å². The number of hydrogen-bond donors (Lipinski definition) is 3. The van der Waals surface area contributed by atoms with Crippen LogP contribution in [0, 0.1) is 0 Å². The molecule has 5 heteroatoms. The lowest BCUT2D eigenvalue weighted by molar-refractivity contribution is 0.0913. The van der Waals surface area contributed by atoms with Crippen molar-refractivity contribution in [3.63, 3.8) is 0 Å². The Labute approximate surface area is 91.9 Å². The van der Waals surface area contributed by atoms with Gasteiger partial charge < -0.3 is 14.9 Å². The quantitative estimate of drug-likeness (QED) is 0.594. The van der Waals surface area contributed by atoms with Crippen LogP contribution in [0.15, 0.2) is 0 Å². The van der Waals surface area contributed by atoms with E-state index in [4.69, 9.17) is 0 Å². The minimum atomic E-state index is -4.25. The van der Waals surface area contributed by atoms with Crippen molar-refractivity contribution in [2.24, 2.45) is 0 Å². The fourth-order valence-electron chi connectivity index (χ4n) is 1.99. The summed E-state index contributed by atoms with van der Waals surface area (Å²) in [6.07, 6.45) is 1.87. The van der Waals surface area contributed by atoms with Crippen molar-refractivity contribution in [1.29, 1.82) is 0 Å². The van der Waals surface area contributed by atoms with Crippen LogP contribution in [0.4, 0.5) is 0 Å². The van der Waals surface area contributed by atoms with Crippen LogP contribution in [0.2, 0.25) is 0 Å². The van der Waals surface area contributed by atoms with Crippen molar-refractivity contribution in [3.8, 4) is 0 Å². The van der Waals surface area contributed by atoms with Gasteiger partial charge in [-0.3, -0.25) is 4.57 Å². The van der Waals surface area contributed by atoms with Gasteiger partial charge in [0, 0.05) is 0 Å². The standard InChI is InChI=1S/C10H23O4P/c1-4-7-8-9(11)10(5-2,6-3)15(12,13)14/h9,11H,4-8H2,1-3H3,(H2,12,13,14). The van der Waals surface area contributed by atoms with Crippen LogP contribution < -0.4 is 0 Å². The van der Waals surface area contributed by atoms with E-state index < -0.39 is 18.9 Å². The van der Waals surface area contributed by atoms with Gasteiger partial charge in [-0.2, -0.15) is 0 Å². The molecule has 0 aromatic rings. The number of aliphatic hydroxyl groups excluding tert-OH is 1. The Bertz CT molecular complexity index is 219. The molecule has 4 nitrogen and oxygen atoms in total. The molecule has 92 valence electrons. The highest BCUT2D eigenvalue weighted by Gasteiger charge is 2.49. The van der Waals surface area contributed by atoms with Crippen molar-refractivity contribution in [2.45, 2.75) is 64.1 Å². The maximum Gasteiger partial charge on any atom is 0.334 e. The average molecular weight is 238 g/mol. The Kier molecular flexibility index (Phi) is 6.04. The summed E-state index contributed by atoms with van der Waals surface area (Å²) in [6, 6.07) is 0. The fraction of sp³-hybridized carbons (Fsp3) is 1.00. The highest BCUT2D eigenvalue weighted by Crippen LogP contribution is 2.57. The normalized spacial score (nSPS) is 15.3. The first-order valence-corrected chi connectivity index (χ1v) is 7.20. The second-order valence-electron chi connectivity index (χ2n) is 4.01. The molecule has 3 N–H and O–H groups in total. The van der Waals surface area contributed by atoms with Gasteiger partial charge in [-0.15, -0.1) is 0 Å². The second kappa shape index (κ2) is 6.00. The van der Waals surface area contributed by atoms with Gasteiger partial charge in [0.05, 0.1) is 11.3 Å². The SMILES string of the molecule is CCCCC(O)C(CC)(CC)P(=O)(O)O. The Morgan fingerprint density at radius 2 is 1.67 bits per heavy atom. The summed E-state index contributed by atoms with van der Waals surface area (Å²) >= 11 is 0.